The Kier molecular flexibility index (Phi) is 4.26. The van der Waals surface area contributed by atoms with Crippen LogP contribution in [0.3, 0.4) is 0 Å². The van der Waals surface area contributed by atoms with Crippen LogP contribution in [0.4, 0.5) is 0 Å². The van der Waals surface area contributed by atoms with Gasteiger partial charge in [0.2, 0.25) is 0 Å². The van der Waals surface area contributed by atoms with E-state index < -0.39 is 28.7 Å². The Morgan fingerprint density at radius 3 is 2.39 bits per heavy atom. The molecule has 5 heteroatoms. The minimum absolute atomic E-state index is 0.113. The van der Waals surface area contributed by atoms with Gasteiger partial charge in [0.25, 0.3) is 0 Å². The lowest BCUT2D eigenvalue weighted by atomic mass is 9.83. The van der Waals surface area contributed by atoms with Crippen molar-refractivity contribution < 1.29 is 23.9 Å². The first-order chi connectivity index (χ1) is 15.0. The van der Waals surface area contributed by atoms with E-state index in [4.69, 9.17) is 9.47 Å². The van der Waals surface area contributed by atoms with Crippen LogP contribution in [0, 0.1) is 10.8 Å². The molecule has 31 heavy (non-hydrogen) atoms. The van der Waals surface area contributed by atoms with Crippen LogP contribution in [0.2, 0.25) is 0 Å². The number of Topliss-reactive ketones (excluding diaryl/α,β-unsaturated/α-hetero) is 1. The van der Waals surface area contributed by atoms with Crippen LogP contribution in [0.1, 0.15) is 42.1 Å². The van der Waals surface area contributed by atoms with Gasteiger partial charge < -0.3 is 9.47 Å². The zero-order chi connectivity index (χ0) is 21.8. The van der Waals surface area contributed by atoms with E-state index in [2.05, 4.69) is 0 Å². The van der Waals surface area contributed by atoms with Gasteiger partial charge in [0, 0.05) is 17.0 Å². The number of hydrogen-bond donors (Lipinski definition) is 0. The SMILES string of the molecule is CCOC(=O)C12C(=O)Oc3ccc4ccccc4c3C1C2(CC)C(=O)c1ccccc1. The van der Waals surface area contributed by atoms with Crippen LogP contribution < -0.4 is 4.74 Å². The van der Waals surface area contributed by atoms with Gasteiger partial charge in [-0.2, -0.15) is 0 Å². The molecule has 1 heterocycles. The Balaban J connectivity index is 1.81. The predicted octanol–water partition coefficient (Wildman–Crippen LogP) is 4.68. The molecule has 2 aliphatic rings. The van der Waals surface area contributed by atoms with Gasteiger partial charge in [0.15, 0.2) is 11.2 Å². The molecule has 0 amide bonds. The summed E-state index contributed by atoms with van der Waals surface area (Å²) < 4.78 is 11.1. The molecule has 0 bridgehead atoms. The third-order valence-corrected chi connectivity index (χ3v) is 6.89. The molecule has 0 spiro atoms. The summed E-state index contributed by atoms with van der Waals surface area (Å²) in [5.41, 5.74) is -1.73. The Labute approximate surface area is 180 Å². The highest BCUT2D eigenvalue weighted by Gasteiger charge is 2.90. The lowest BCUT2D eigenvalue weighted by Gasteiger charge is -2.23. The van der Waals surface area contributed by atoms with E-state index in [1.807, 2.05) is 43.3 Å². The summed E-state index contributed by atoms with van der Waals surface area (Å²) in [5, 5.41) is 1.84. The summed E-state index contributed by atoms with van der Waals surface area (Å²) in [6.07, 6.45) is 0.308. The van der Waals surface area contributed by atoms with E-state index in [1.54, 1.807) is 37.3 Å². The maximum absolute atomic E-state index is 13.9. The number of esters is 2. The molecule has 5 rings (SSSR count). The molecule has 5 nitrogen and oxygen atoms in total. The number of rotatable bonds is 5. The van der Waals surface area contributed by atoms with Gasteiger partial charge >= 0.3 is 11.9 Å². The van der Waals surface area contributed by atoms with Crippen molar-refractivity contribution in [3.8, 4) is 5.75 Å². The minimum atomic E-state index is -1.68. The number of fused-ring (bicyclic) bond motifs is 5. The van der Waals surface area contributed by atoms with Crippen molar-refractivity contribution in [1.82, 2.24) is 0 Å². The smallest absolute Gasteiger partial charge is 0.330 e. The average Bonchev–Trinajstić information content (AvgIpc) is 3.45. The van der Waals surface area contributed by atoms with Crippen molar-refractivity contribution in [3.63, 3.8) is 0 Å². The highest BCUT2D eigenvalue weighted by Crippen LogP contribution is 2.80. The van der Waals surface area contributed by atoms with Crippen molar-refractivity contribution in [2.45, 2.75) is 26.2 Å². The van der Waals surface area contributed by atoms with E-state index in [0.29, 0.717) is 17.7 Å². The fourth-order valence-corrected chi connectivity index (χ4v) is 5.57. The fourth-order valence-electron chi connectivity index (χ4n) is 5.57. The minimum Gasteiger partial charge on any atom is -0.465 e. The fraction of sp³-hybridized carbons (Fsp3) is 0.269. The molecule has 3 unspecified atom stereocenters. The second-order valence-electron chi connectivity index (χ2n) is 8.07. The lowest BCUT2D eigenvalue weighted by molar-refractivity contribution is -0.162. The van der Waals surface area contributed by atoms with Gasteiger partial charge in [-0.05, 0) is 30.2 Å². The van der Waals surface area contributed by atoms with Crippen LogP contribution in [-0.2, 0) is 14.3 Å². The predicted molar refractivity (Wildman–Crippen MR) is 115 cm³/mol. The van der Waals surface area contributed by atoms with Gasteiger partial charge in [-0.1, -0.05) is 67.6 Å². The van der Waals surface area contributed by atoms with Crippen LogP contribution in [0.15, 0.2) is 66.7 Å². The van der Waals surface area contributed by atoms with Crippen LogP contribution in [0.5, 0.6) is 5.75 Å². The Hall–Kier alpha value is -3.47. The van der Waals surface area contributed by atoms with E-state index in [1.165, 1.54) is 0 Å². The third kappa shape index (κ3) is 2.29. The van der Waals surface area contributed by atoms with Crippen LogP contribution in [-0.4, -0.2) is 24.3 Å². The number of carbonyl (C=O) groups excluding carboxylic acids is 3. The number of benzene rings is 3. The summed E-state index contributed by atoms with van der Waals surface area (Å²) in [4.78, 5) is 40.7. The van der Waals surface area contributed by atoms with Crippen molar-refractivity contribution in [2.75, 3.05) is 6.61 Å². The molecule has 0 N–H and O–H groups in total. The molecule has 0 radical (unpaired) electrons. The van der Waals surface area contributed by atoms with Gasteiger partial charge in [0.1, 0.15) is 5.75 Å². The zero-order valence-corrected chi connectivity index (χ0v) is 17.4. The highest BCUT2D eigenvalue weighted by atomic mass is 16.6. The number of ether oxygens (including phenoxy) is 2. The number of hydrogen-bond acceptors (Lipinski definition) is 5. The highest BCUT2D eigenvalue weighted by molar-refractivity contribution is 6.21. The van der Waals surface area contributed by atoms with Gasteiger partial charge in [-0.25, -0.2) is 0 Å². The second kappa shape index (κ2) is 6.77. The van der Waals surface area contributed by atoms with Crippen LogP contribution >= 0.6 is 0 Å². The molecule has 1 saturated carbocycles. The zero-order valence-electron chi connectivity index (χ0n) is 17.4. The van der Waals surface area contributed by atoms with Gasteiger partial charge in [-0.15, -0.1) is 0 Å². The summed E-state index contributed by atoms with van der Waals surface area (Å²) in [7, 11) is 0. The first kappa shape index (κ1) is 19.5. The summed E-state index contributed by atoms with van der Waals surface area (Å²) in [6.45, 7) is 3.65. The molecule has 1 aliphatic carbocycles. The van der Waals surface area contributed by atoms with E-state index in [0.717, 1.165) is 16.3 Å². The molecule has 3 aromatic rings. The Bertz CT molecular complexity index is 1230. The monoisotopic (exact) mass is 414 g/mol. The number of carbonyl (C=O) groups is 3. The average molecular weight is 414 g/mol. The molecule has 1 fully saturated rings. The maximum atomic E-state index is 13.9. The molecular weight excluding hydrogens is 392 g/mol. The molecule has 1 aliphatic heterocycles. The van der Waals surface area contributed by atoms with E-state index in [9.17, 15) is 14.4 Å². The Morgan fingerprint density at radius 2 is 1.68 bits per heavy atom. The molecule has 3 atom stereocenters. The second-order valence-corrected chi connectivity index (χ2v) is 8.07. The molecule has 0 saturated heterocycles. The van der Waals surface area contributed by atoms with Gasteiger partial charge in [-0.3, -0.25) is 14.4 Å². The summed E-state index contributed by atoms with van der Waals surface area (Å²) in [6, 6.07) is 20.2. The largest absolute Gasteiger partial charge is 0.465 e. The van der Waals surface area contributed by atoms with Crippen molar-refractivity contribution in [2.24, 2.45) is 10.8 Å². The van der Waals surface area contributed by atoms with Crippen molar-refractivity contribution in [3.05, 3.63) is 77.9 Å². The topological polar surface area (TPSA) is 69.7 Å². The number of ketones is 1. The van der Waals surface area contributed by atoms with Gasteiger partial charge in [0.05, 0.1) is 12.0 Å². The maximum Gasteiger partial charge on any atom is 0.330 e. The lowest BCUT2D eigenvalue weighted by Crippen LogP contribution is -2.40. The first-order valence-corrected chi connectivity index (χ1v) is 10.5. The quantitative estimate of drug-likeness (QED) is 0.262. The molecule has 156 valence electrons. The normalized spacial score (nSPS) is 25.9. The standard InChI is InChI=1S/C26H22O5/c1-3-25(22(27)17-11-6-5-7-12-17)21-20-18-13-9-8-10-16(18)14-15-19(20)31-24(29)26(21,25)23(28)30-4-2/h5-15,21H,3-4H2,1-2H3. The first-order valence-electron chi connectivity index (χ1n) is 10.5. The summed E-state index contributed by atoms with van der Waals surface area (Å²) in [5.74, 6) is -1.85. The van der Waals surface area contributed by atoms with E-state index >= 15 is 0 Å². The summed E-state index contributed by atoms with van der Waals surface area (Å²) >= 11 is 0. The molecular formula is C26H22O5. The molecule has 3 aromatic carbocycles. The van der Waals surface area contributed by atoms with E-state index in [-0.39, 0.29) is 12.4 Å². The van der Waals surface area contributed by atoms with Crippen molar-refractivity contribution >= 4 is 28.5 Å². The third-order valence-electron chi connectivity index (χ3n) is 6.89. The Morgan fingerprint density at radius 1 is 0.968 bits per heavy atom. The van der Waals surface area contributed by atoms with Crippen LogP contribution in [0.25, 0.3) is 10.8 Å². The molecule has 0 aromatic heterocycles. The van der Waals surface area contributed by atoms with Crippen molar-refractivity contribution in [1.29, 1.82) is 0 Å².